The van der Waals surface area contributed by atoms with Crippen LogP contribution in [0.1, 0.15) is 15.9 Å². The number of furan rings is 1. The van der Waals surface area contributed by atoms with Gasteiger partial charge in [-0.25, -0.2) is 9.78 Å². The van der Waals surface area contributed by atoms with Crippen molar-refractivity contribution in [1.82, 2.24) is 15.3 Å². The van der Waals surface area contributed by atoms with E-state index in [2.05, 4.69) is 20.6 Å². The number of para-hydroxylation sites is 2. The lowest BCUT2D eigenvalue weighted by Gasteiger charge is -2.28. The first-order valence-electron chi connectivity index (χ1n) is 10.4. The zero-order valence-electron chi connectivity index (χ0n) is 17.6. The zero-order valence-corrected chi connectivity index (χ0v) is 17.6. The summed E-state index contributed by atoms with van der Waals surface area (Å²) in [5.74, 6) is -2.96. The quantitative estimate of drug-likeness (QED) is 0.345. The minimum absolute atomic E-state index is 0.120. The van der Waals surface area contributed by atoms with Crippen LogP contribution < -0.4 is 15.3 Å². The van der Waals surface area contributed by atoms with E-state index in [-0.39, 0.29) is 17.8 Å². The molecule has 0 bridgehead atoms. The van der Waals surface area contributed by atoms with Gasteiger partial charge in [-0.15, -0.1) is 0 Å². The van der Waals surface area contributed by atoms with Gasteiger partial charge in [0.15, 0.2) is 5.82 Å². The van der Waals surface area contributed by atoms with Crippen LogP contribution in [0.4, 0.5) is 5.82 Å². The van der Waals surface area contributed by atoms with Crippen molar-refractivity contribution in [3.8, 4) is 5.75 Å². The molecule has 10 nitrogen and oxygen atoms in total. The number of hydrogen-bond acceptors (Lipinski definition) is 8. The first-order chi connectivity index (χ1) is 16.6. The van der Waals surface area contributed by atoms with Gasteiger partial charge in [-0.05, 0) is 30.2 Å². The van der Waals surface area contributed by atoms with Gasteiger partial charge in [-0.3, -0.25) is 14.6 Å². The number of amides is 2. The molecule has 168 valence electrons. The molecule has 4 aromatic rings. The molecular formula is C23H17BN4O6. The molecule has 1 aliphatic rings. The fourth-order valence-corrected chi connectivity index (χ4v) is 3.63. The van der Waals surface area contributed by atoms with Crippen molar-refractivity contribution in [3.63, 3.8) is 0 Å². The average molecular weight is 456 g/mol. The molecule has 5 rings (SSSR count). The number of anilines is 1. The second-order valence-electron chi connectivity index (χ2n) is 7.47. The number of aromatic nitrogens is 2. The molecule has 2 aromatic heterocycles. The summed E-state index contributed by atoms with van der Waals surface area (Å²) >= 11 is 0. The molecule has 11 heteroatoms. The Morgan fingerprint density at radius 3 is 2.68 bits per heavy atom. The molecule has 0 spiro atoms. The van der Waals surface area contributed by atoms with Crippen molar-refractivity contribution in [2.75, 3.05) is 5.32 Å². The minimum atomic E-state index is -1.18. The van der Waals surface area contributed by atoms with Crippen LogP contribution in [0.15, 0.2) is 77.8 Å². The number of nitrogens with one attached hydrogen (secondary N) is 2. The van der Waals surface area contributed by atoms with E-state index >= 15 is 0 Å². The maximum atomic E-state index is 12.7. The number of rotatable bonds is 5. The molecule has 2 amide bonds. The summed E-state index contributed by atoms with van der Waals surface area (Å²) in [5, 5.41) is 5.82. The Balaban J connectivity index is 1.40. The summed E-state index contributed by atoms with van der Waals surface area (Å²) in [4.78, 5) is 45.5. The Hall–Kier alpha value is -4.67. The van der Waals surface area contributed by atoms with Gasteiger partial charge in [-0.1, -0.05) is 30.3 Å². The first-order valence-corrected chi connectivity index (χ1v) is 10.4. The fraction of sp³-hybridized carbons (Fsp3) is 0.0870. The van der Waals surface area contributed by atoms with Crippen LogP contribution in [0.5, 0.6) is 5.75 Å². The zero-order chi connectivity index (χ0) is 23.5. The number of carbonyl (C=O) groups is 3. The molecule has 1 atom stereocenters. The molecule has 0 aliphatic carbocycles. The van der Waals surface area contributed by atoms with Crippen LogP contribution in [0.25, 0.3) is 11.0 Å². The van der Waals surface area contributed by atoms with E-state index in [0.29, 0.717) is 11.3 Å². The summed E-state index contributed by atoms with van der Waals surface area (Å²) in [6.45, 7) is 0. The van der Waals surface area contributed by atoms with Gasteiger partial charge < -0.3 is 24.4 Å². The predicted molar refractivity (Wildman–Crippen MR) is 121 cm³/mol. The summed E-state index contributed by atoms with van der Waals surface area (Å²) < 4.78 is 16.9. The molecule has 3 heterocycles. The smallest absolute Gasteiger partial charge is 0.524 e. The van der Waals surface area contributed by atoms with Crippen molar-refractivity contribution in [2.24, 2.45) is 0 Å². The van der Waals surface area contributed by atoms with Gasteiger partial charge >= 0.3 is 24.9 Å². The van der Waals surface area contributed by atoms with Gasteiger partial charge in [0, 0.05) is 17.8 Å². The van der Waals surface area contributed by atoms with E-state index in [0.717, 1.165) is 10.9 Å². The Labute approximate surface area is 193 Å². The van der Waals surface area contributed by atoms with Crippen LogP contribution >= 0.6 is 0 Å². The van der Waals surface area contributed by atoms with Gasteiger partial charge in [-0.2, -0.15) is 0 Å². The summed E-state index contributed by atoms with van der Waals surface area (Å²) in [5.41, 5.74) is 1.68. The van der Waals surface area contributed by atoms with Crippen LogP contribution in [0.2, 0.25) is 0 Å². The highest BCUT2D eigenvalue weighted by Gasteiger charge is 2.43. The highest BCUT2D eigenvalue weighted by atomic mass is 16.6. The molecular weight excluding hydrogens is 439 g/mol. The van der Waals surface area contributed by atoms with E-state index in [9.17, 15) is 14.4 Å². The van der Waals surface area contributed by atoms with Gasteiger partial charge in [0.05, 0.1) is 24.0 Å². The third-order valence-electron chi connectivity index (χ3n) is 5.23. The average Bonchev–Trinajstić information content (AvgIpc) is 3.27. The molecule has 0 unspecified atom stereocenters. The number of nitrogens with zero attached hydrogens (tertiary/aromatic N) is 2. The molecule has 1 aliphatic heterocycles. The Kier molecular flexibility index (Phi) is 5.65. The summed E-state index contributed by atoms with van der Waals surface area (Å²) in [6.07, 6.45) is 5.85. The number of fused-ring (bicyclic) bond motifs is 2. The van der Waals surface area contributed by atoms with Crippen LogP contribution in [-0.4, -0.2) is 40.8 Å². The summed E-state index contributed by atoms with van der Waals surface area (Å²) in [6, 6.07) is 14.0. The van der Waals surface area contributed by atoms with E-state index in [1.807, 2.05) is 24.3 Å². The predicted octanol–water partition coefficient (Wildman–Crippen LogP) is 2.17. The van der Waals surface area contributed by atoms with Crippen LogP contribution in [0, 0.1) is 0 Å². The number of hydrogen-bond donors (Lipinski definition) is 2. The lowest BCUT2D eigenvalue weighted by molar-refractivity contribution is -0.136. The van der Waals surface area contributed by atoms with E-state index in [1.165, 1.54) is 18.6 Å². The maximum Gasteiger partial charge on any atom is 0.621 e. The van der Waals surface area contributed by atoms with Crippen LogP contribution in [-0.2, 0) is 20.7 Å². The minimum Gasteiger partial charge on any atom is -0.524 e. The van der Waals surface area contributed by atoms with Crippen molar-refractivity contribution < 1.29 is 28.1 Å². The van der Waals surface area contributed by atoms with Crippen molar-refractivity contribution in [2.45, 2.75) is 12.4 Å². The second-order valence-corrected chi connectivity index (χ2v) is 7.47. The Morgan fingerprint density at radius 1 is 1.00 bits per heavy atom. The largest absolute Gasteiger partial charge is 0.621 e. The Bertz CT molecular complexity index is 1380. The second kappa shape index (κ2) is 9.06. The van der Waals surface area contributed by atoms with E-state index in [1.54, 1.807) is 30.5 Å². The van der Waals surface area contributed by atoms with Crippen molar-refractivity contribution in [1.29, 1.82) is 0 Å². The van der Waals surface area contributed by atoms with Gasteiger partial charge in [0.25, 0.3) is 0 Å². The number of benzene rings is 2. The lowest BCUT2D eigenvalue weighted by Crippen LogP contribution is -2.56. The highest BCUT2D eigenvalue weighted by molar-refractivity contribution is 6.52. The number of carbonyl (C=O) groups excluding carboxylic acids is 3. The fourth-order valence-electron chi connectivity index (χ4n) is 3.63. The van der Waals surface area contributed by atoms with Gasteiger partial charge in [0.1, 0.15) is 11.3 Å². The molecule has 2 N–H and O–H groups in total. The molecule has 2 aromatic carbocycles. The third kappa shape index (κ3) is 4.31. The SMILES string of the molecule is O=C(Nc1cnccn1)C(=O)N[C@@H](Cc1coc2ccccc12)B1OC(=O)c2ccccc2O1. The molecule has 0 saturated heterocycles. The molecule has 34 heavy (non-hydrogen) atoms. The topological polar surface area (TPSA) is 133 Å². The lowest BCUT2D eigenvalue weighted by atomic mass is 9.73. The van der Waals surface area contributed by atoms with Gasteiger partial charge in [0.2, 0.25) is 0 Å². The molecule has 0 radical (unpaired) electrons. The highest BCUT2D eigenvalue weighted by Crippen LogP contribution is 2.27. The Morgan fingerprint density at radius 2 is 1.82 bits per heavy atom. The molecule has 0 saturated carbocycles. The van der Waals surface area contributed by atoms with Crippen molar-refractivity contribution in [3.05, 3.63) is 84.5 Å². The molecule has 0 fully saturated rings. The third-order valence-corrected chi connectivity index (χ3v) is 5.23. The maximum absolute atomic E-state index is 12.7. The van der Waals surface area contributed by atoms with Crippen molar-refractivity contribution >= 4 is 41.7 Å². The standard InChI is InChI=1S/C23H17BN4O6/c29-21(22(30)28-20-12-25-9-10-26-20)27-19(11-14-13-32-17-7-3-1-5-15(14)17)24-33-18-8-4-2-6-16(18)23(31)34-24/h1-10,12-13,19H,11H2,(H,27,29)(H,26,28,30)/t19-/m0/s1. The van der Waals surface area contributed by atoms with Crippen LogP contribution in [0.3, 0.4) is 0 Å². The normalized spacial score (nSPS) is 13.4. The van der Waals surface area contributed by atoms with E-state index in [4.69, 9.17) is 13.7 Å². The summed E-state index contributed by atoms with van der Waals surface area (Å²) in [7, 11) is -1.18. The monoisotopic (exact) mass is 456 g/mol. The van der Waals surface area contributed by atoms with E-state index < -0.39 is 30.8 Å². The first kappa shape index (κ1) is 21.2.